The largest absolute Gasteiger partial charge is 0.326 e. The van der Waals surface area contributed by atoms with Crippen molar-refractivity contribution in [2.45, 2.75) is 24.4 Å². The van der Waals surface area contributed by atoms with Gasteiger partial charge in [0.2, 0.25) is 0 Å². The monoisotopic (exact) mass is 264 g/mol. The van der Waals surface area contributed by atoms with E-state index in [0.29, 0.717) is 0 Å². The highest BCUT2D eigenvalue weighted by atomic mass is 32.2. The molecule has 0 radical (unpaired) electrons. The average Bonchev–Trinajstić information content (AvgIpc) is 3.03. The molecule has 0 bridgehead atoms. The molecule has 6 heteroatoms. The smallest absolute Gasteiger partial charge is 0.168 e. The molecule has 0 aromatic carbocycles. The van der Waals surface area contributed by atoms with Crippen molar-refractivity contribution in [1.82, 2.24) is 18.9 Å². The summed E-state index contributed by atoms with van der Waals surface area (Å²) in [6.45, 7) is 3.09. The third-order valence-corrected chi connectivity index (χ3v) is 4.57. The maximum Gasteiger partial charge on any atom is 0.168 e. The summed E-state index contributed by atoms with van der Waals surface area (Å²) in [4.78, 5) is 9.70. The van der Waals surface area contributed by atoms with Gasteiger partial charge in [-0.15, -0.1) is 11.3 Å². The normalized spacial score (nSPS) is 11.4. The third kappa shape index (κ3) is 1.98. The molecule has 0 saturated heterocycles. The van der Waals surface area contributed by atoms with Crippen LogP contribution in [0.3, 0.4) is 0 Å². The summed E-state index contributed by atoms with van der Waals surface area (Å²) >= 11 is 3.49. The molecule has 3 heterocycles. The lowest BCUT2D eigenvalue weighted by atomic mass is 10.6. The lowest BCUT2D eigenvalue weighted by Crippen LogP contribution is -1.95. The fraction of sp³-hybridized carbons (Fsp3) is 0.273. The van der Waals surface area contributed by atoms with Crippen molar-refractivity contribution >= 4 is 27.9 Å². The number of fused-ring (bicyclic) bond motifs is 1. The van der Waals surface area contributed by atoms with Gasteiger partial charge in [0.1, 0.15) is 11.2 Å². The number of hydrogen-bond acceptors (Lipinski definition) is 4. The summed E-state index contributed by atoms with van der Waals surface area (Å²) < 4.78 is 4.29. The molecule has 0 atom stereocenters. The van der Waals surface area contributed by atoms with Gasteiger partial charge in [0.15, 0.2) is 5.16 Å². The van der Waals surface area contributed by atoms with Crippen molar-refractivity contribution in [2.24, 2.45) is 0 Å². The van der Waals surface area contributed by atoms with E-state index in [-0.39, 0.29) is 0 Å². The van der Waals surface area contributed by atoms with E-state index in [4.69, 9.17) is 0 Å². The summed E-state index contributed by atoms with van der Waals surface area (Å²) in [6.07, 6.45) is 7.63. The van der Waals surface area contributed by atoms with Gasteiger partial charge in [0.05, 0.1) is 6.20 Å². The van der Waals surface area contributed by atoms with Crippen molar-refractivity contribution in [2.75, 3.05) is 0 Å². The van der Waals surface area contributed by atoms with Crippen LogP contribution in [0.5, 0.6) is 0 Å². The van der Waals surface area contributed by atoms with Crippen LogP contribution in [0, 0.1) is 0 Å². The van der Waals surface area contributed by atoms with Gasteiger partial charge in [0, 0.05) is 35.8 Å². The number of nitrogens with zero attached hydrogens (tertiary/aromatic N) is 4. The predicted octanol–water partition coefficient (Wildman–Crippen LogP) is 2.90. The zero-order valence-electron chi connectivity index (χ0n) is 9.41. The van der Waals surface area contributed by atoms with Gasteiger partial charge in [-0.25, -0.2) is 9.97 Å². The third-order valence-electron chi connectivity index (χ3n) is 2.60. The number of aryl methyl sites for hydroxylation is 1. The van der Waals surface area contributed by atoms with Crippen molar-refractivity contribution in [3.8, 4) is 0 Å². The Labute approximate surface area is 107 Å². The summed E-state index contributed by atoms with van der Waals surface area (Å²) in [6, 6.07) is 0. The Balaban J connectivity index is 1.78. The lowest BCUT2D eigenvalue weighted by molar-refractivity contribution is 0.681. The molecule has 0 saturated carbocycles. The first kappa shape index (κ1) is 10.9. The van der Waals surface area contributed by atoms with E-state index in [2.05, 4.69) is 31.2 Å². The molecule has 3 aromatic heterocycles. The van der Waals surface area contributed by atoms with Crippen molar-refractivity contribution in [3.63, 3.8) is 0 Å². The molecule has 0 spiro atoms. The van der Waals surface area contributed by atoms with Crippen molar-refractivity contribution in [1.29, 1.82) is 0 Å². The van der Waals surface area contributed by atoms with E-state index in [9.17, 15) is 0 Å². The maximum absolute atomic E-state index is 4.36. The van der Waals surface area contributed by atoms with E-state index in [1.165, 1.54) is 10.5 Å². The summed E-state index contributed by atoms with van der Waals surface area (Å²) in [5.74, 6) is 0.924. The SMILES string of the molecule is CCn1ccnc1SCc1csc2cncn12. The molecule has 0 fully saturated rings. The summed E-state index contributed by atoms with van der Waals surface area (Å²) in [7, 11) is 0. The number of hydrogen-bond donors (Lipinski definition) is 0. The Bertz CT molecular complexity index is 622. The van der Waals surface area contributed by atoms with Crippen LogP contribution in [-0.4, -0.2) is 18.9 Å². The first-order chi connectivity index (χ1) is 8.38. The second-order valence-corrected chi connectivity index (χ2v) is 5.45. The number of thiazole rings is 1. The van der Waals surface area contributed by atoms with Gasteiger partial charge in [-0.2, -0.15) is 0 Å². The van der Waals surface area contributed by atoms with E-state index >= 15 is 0 Å². The number of rotatable bonds is 4. The van der Waals surface area contributed by atoms with E-state index in [1.807, 2.05) is 24.9 Å². The highest BCUT2D eigenvalue weighted by molar-refractivity contribution is 7.98. The number of imidazole rings is 2. The number of thioether (sulfide) groups is 1. The molecule has 0 unspecified atom stereocenters. The molecule has 88 valence electrons. The van der Waals surface area contributed by atoms with Gasteiger partial charge in [-0.3, -0.25) is 4.40 Å². The molecule has 0 aliphatic heterocycles. The highest BCUT2D eigenvalue weighted by Gasteiger charge is 2.06. The molecule has 0 amide bonds. The minimum atomic E-state index is 0.924. The predicted molar refractivity (Wildman–Crippen MR) is 70.5 cm³/mol. The zero-order chi connectivity index (χ0) is 11.7. The zero-order valence-corrected chi connectivity index (χ0v) is 11.0. The first-order valence-corrected chi connectivity index (χ1v) is 7.27. The molecule has 3 rings (SSSR count). The Morgan fingerprint density at radius 3 is 3.29 bits per heavy atom. The minimum Gasteiger partial charge on any atom is -0.326 e. The standard InChI is InChI=1S/C11H12N4S2/c1-2-14-4-3-13-11(14)17-7-9-6-16-10-5-12-8-15(9)10/h3-6,8H,2,7H2,1H3. The number of aromatic nitrogens is 4. The summed E-state index contributed by atoms with van der Waals surface area (Å²) in [5.41, 5.74) is 1.28. The molecule has 17 heavy (non-hydrogen) atoms. The molecular weight excluding hydrogens is 252 g/mol. The van der Waals surface area contributed by atoms with E-state index in [1.54, 1.807) is 23.1 Å². The maximum atomic E-state index is 4.36. The van der Waals surface area contributed by atoms with Gasteiger partial charge in [0.25, 0.3) is 0 Å². The quantitative estimate of drug-likeness (QED) is 0.680. The van der Waals surface area contributed by atoms with Crippen LogP contribution in [0.4, 0.5) is 0 Å². The Kier molecular flexibility index (Phi) is 2.90. The first-order valence-electron chi connectivity index (χ1n) is 5.41. The fourth-order valence-corrected chi connectivity index (χ4v) is 3.64. The average molecular weight is 264 g/mol. The van der Waals surface area contributed by atoms with Crippen molar-refractivity contribution in [3.05, 3.63) is 36.0 Å². The fourth-order valence-electron chi connectivity index (χ4n) is 1.69. The Hall–Kier alpha value is -1.27. The highest BCUT2D eigenvalue weighted by Crippen LogP contribution is 2.24. The topological polar surface area (TPSA) is 35.1 Å². The van der Waals surface area contributed by atoms with Crippen LogP contribution in [0.2, 0.25) is 0 Å². The van der Waals surface area contributed by atoms with E-state index in [0.717, 1.165) is 17.5 Å². The minimum absolute atomic E-state index is 0.924. The van der Waals surface area contributed by atoms with Crippen LogP contribution in [-0.2, 0) is 12.3 Å². The van der Waals surface area contributed by atoms with Crippen LogP contribution in [0.15, 0.2) is 35.5 Å². The molecule has 0 aliphatic carbocycles. The summed E-state index contributed by atoms with van der Waals surface area (Å²) in [5, 5.41) is 3.26. The van der Waals surface area contributed by atoms with Crippen molar-refractivity contribution < 1.29 is 0 Å². The second kappa shape index (κ2) is 4.54. The van der Waals surface area contributed by atoms with Gasteiger partial charge in [-0.1, -0.05) is 11.8 Å². The van der Waals surface area contributed by atoms with Crippen LogP contribution in [0.25, 0.3) is 4.83 Å². The van der Waals surface area contributed by atoms with Gasteiger partial charge >= 0.3 is 0 Å². The molecule has 4 nitrogen and oxygen atoms in total. The van der Waals surface area contributed by atoms with Gasteiger partial charge < -0.3 is 4.57 Å². The van der Waals surface area contributed by atoms with Crippen LogP contribution >= 0.6 is 23.1 Å². The van der Waals surface area contributed by atoms with Crippen LogP contribution < -0.4 is 0 Å². The van der Waals surface area contributed by atoms with Gasteiger partial charge in [-0.05, 0) is 6.92 Å². The molecule has 0 aliphatic rings. The van der Waals surface area contributed by atoms with E-state index < -0.39 is 0 Å². The molecule has 3 aromatic rings. The Morgan fingerprint density at radius 1 is 1.47 bits per heavy atom. The molecular formula is C11H12N4S2. The lowest BCUT2D eigenvalue weighted by Gasteiger charge is -2.03. The molecule has 0 N–H and O–H groups in total. The Morgan fingerprint density at radius 2 is 2.41 bits per heavy atom. The second-order valence-electron chi connectivity index (χ2n) is 3.61. The van der Waals surface area contributed by atoms with Crippen LogP contribution in [0.1, 0.15) is 12.6 Å².